The first kappa shape index (κ1) is 26.4. The number of hydrogen-bond donors (Lipinski definition) is 4. The van der Waals surface area contributed by atoms with Crippen LogP contribution in [0.2, 0.25) is 0 Å². The first-order valence-corrected chi connectivity index (χ1v) is 9.36. The molecule has 0 spiro atoms. The number of methoxy groups -OCH3 is 1. The predicted octanol–water partition coefficient (Wildman–Crippen LogP) is 2.86. The van der Waals surface area contributed by atoms with Crippen LogP contribution in [0.3, 0.4) is 0 Å². The second-order valence-electron chi connectivity index (χ2n) is 6.43. The lowest BCUT2D eigenvalue weighted by Gasteiger charge is -2.09. The van der Waals surface area contributed by atoms with Gasteiger partial charge in [-0.2, -0.15) is 13.2 Å². The van der Waals surface area contributed by atoms with Crippen LogP contribution in [0, 0.1) is 0 Å². The van der Waals surface area contributed by atoms with E-state index in [1.165, 1.54) is 12.7 Å². The minimum atomic E-state index is -5.08. The van der Waals surface area contributed by atoms with Crippen molar-refractivity contribution in [2.75, 3.05) is 25.5 Å². The molecule has 0 heterocycles. The molecule has 0 aliphatic carbocycles. The van der Waals surface area contributed by atoms with Crippen molar-refractivity contribution >= 4 is 29.2 Å². The van der Waals surface area contributed by atoms with Crippen molar-refractivity contribution in [2.45, 2.75) is 19.0 Å². The standard InChI is InChI=1S/C19H23N3O3.C2HF3O2/c1-25-18(23)13-21-11-3-4-14-7-9-16(10-8-14)22-17-6-2-5-15(12-17)19(20)24;3-2(4,5)1(6)7/h2,5-10,12,21-22H,3-4,11,13H2,1H3,(H2,20,24);(H,6,7). The zero-order chi connectivity index (χ0) is 24.1. The van der Waals surface area contributed by atoms with Crippen LogP contribution in [0.25, 0.3) is 0 Å². The molecule has 11 heteroatoms. The first-order chi connectivity index (χ1) is 15.0. The van der Waals surface area contributed by atoms with E-state index in [4.69, 9.17) is 15.6 Å². The lowest BCUT2D eigenvalue weighted by molar-refractivity contribution is -0.192. The van der Waals surface area contributed by atoms with Gasteiger partial charge in [0.2, 0.25) is 5.91 Å². The molecule has 0 fully saturated rings. The molecule has 0 aliphatic heterocycles. The Kier molecular flexibility index (Phi) is 10.7. The number of benzene rings is 2. The van der Waals surface area contributed by atoms with Gasteiger partial charge in [0, 0.05) is 16.9 Å². The fraction of sp³-hybridized carbons (Fsp3) is 0.286. The van der Waals surface area contributed by atoms with Crippen LogP contribution in [0.4, 0.5) is 24.5 Å². The third-order valence-electron chi connectivity index (χ3n) is 3.95. The number of aliphatic carboxylic acids is 1. The van der Waals surface area contributed by atoms with Gasteiger partial charge in [-0.25, -0.2) is 4.79 Å². The molecule has 0 bridgehead atoms. The average Bonchev–Trinajstić information content (AvgIpc) is 2.74. The number of carboxylic acids is 1. The van der Waals surface area contributed by atoms with Crippen LogP contribution in [0.5, 0.6) is 0 Å². The molecule has 0 atom stereocenters. The zero-order valence-electron chi connectivity index (χ0n) is 17.2. The van der Waals surface area contributed by atoms with Gasteiger partial charge in [0.05, 0.1) is 13.7 Å². The zero-order valence-corrected chi connectivity index (χ0v) is 17.2. The Morgan fingerprint density at radius 3 is 2.22 bits per heavy atom. The summed E-state index contributed by atoms with van der Waals surface area (Å²) >= 11 is 0. The summed E-state index contributed by atoms with van der Waals surface area (Å²) in [6.07, 6.45) is -3.23. The van der Waals surface area contributed by atoms with Crippen LogP contribution in [-0.4, -0.2) is 49.3 Å². The molecule has 0 aliphatic rings. The van der Waals surface area contributed by atoms with Crippen molar-refractivity contribution in [2.24, 2.45) is 5.73 Å². The van der Waals surface area contributed by atoms with Crippen molar-refractivity contribution in [1.82, 2.24) is 5.32 Å². The fourth-order valence-corrected chi connectivity index (χ4v) is 2.35. The van der Waals surface area contributed by atoms with E-state index in [0.717, 1.165) is 30.8 Å². The van der Waals surface area contributed by atoms with Gasteiger partial charge in [-0.15, -0.1) is 0 Å². The molecule has 0 radical (unpaired) electrons. The molecule has 5 N–H and O–H groups in total. The number of ether oxygens (including phenoxy) is 1. The number of halogens is 3. The predicted molar refractivity (Wildman–Crippen MR) is 112 cm³/mol. The summed E-state index contributed by atoms with van der Waals surface area (Å²) in [7, 11) is 1.38. The normalized spacial score (nSPS) is 10.5. The number of esters is 1. The number of alkyl halides is 3. The summed E-state index contributed by atoms with van der Waals surface area (Å²) in [4.78, 5) is 31.1. The van der Waals surface area contributed by atoms with Gasteiger partial charge >= 0.3 is 18.1 Å². The number of carbonyl (C=O) groups excluding carboxylic acids is 2. The number of nitrogens with one attached hydrogen (secondary N) is 2. The Morgan fingerprint density at radius 1 is 1.06 bits per heavy atom. The second-order valence-corrected chi connectivity index (χ2v) is 6.43. The van der Waals surface area contributed by atoms with Gasteiger partial charge < -0.3 is 26.2 Å². The van der Waals surface area contributed by atoms with E-state index in [-0.39, 0.29) is 12.5 Å². The number of primary amides is 1. The van der Waals surface area contributed by atoms with E-state index >= 15 is 0 Å². The number of amides is 1. The smallest absolute Gasteiger partial charge is 0.475 e. The summed E-state index contributed by atoms with van der Waals surface area (Å²) in [6.45, 7) is 0.999. The molecule has 1 amide bonds. The van der Waals surface area contributed by atoms with Gasteiger partial charge in [-0.3, -0.25) is 9.59 Å². The Morgan fingerprint density at radius 2 is 1.69 bits per heavy atom. The number of carbonyl (C=O) groups is 3. The van der Waals surface area contributed by atoms with E-state index in [1.54, 1.807) is 18.2 Å². The van der Waals surface area contributed by atoms with Gasteiger partial charge in [-0.05, 0) is 55.3 Å². The minimum Gasteiger partial charge on any atom is -0.475 e. The molecule has 0 aromatic heterocycles. The third kappa shape index (κ3) is 10.4. The van der Waals surface area contributed by atoms with Crippen LogP contribution in [0.15, 0.2) is 48.5 Å². The average molecular weight is 455 g/mol. The third-order valence-corrected chi connectivity index (χ3v) is 3.95. The van der Waals surface area contributed by atoms with Gasteiger partial charge in [-0.1, -0.05) is 18.2 Å². The van der Waals surface area contributed by atoms with Crippen molar-refractivity contribution in [1.29, 1.82) is 0 Å². The summed E-state index contributed by atoms with van der Waals surface area (Å²) in [6, 6.07) is 15.2. The summed E-state index contributed by atoms with van der Waals surface area (Å²) in [5.41, 5.74) is 8.74. The minimum absolute atomic E-state index is 0.240. The number of hydrogen-bond acceptors (Lipinski definition) is 6. The maximum atomic E-state index is 11.2. The monoisotopic (exact) mass is 455 g/mol. The molecular formula is C21H24F3N3O5. The van der Waals surface area contributed by atoms with Crippen molar-refractivity contribution in [3.63, 3.8) is 0 Å². The van der Waals surface area contributed by atoms with E-state index in [9.17, 15) is 22.8 Å². The molecule has 2 aromatic rings. The molecule has 8 nitrogen and oxygen atoms in total. The van der Waals surface area contributed by atoms with Crippen molar-refractivity contribution in [3.05, 3.63) is 59.7 Å². The topological polar surface area (TPSA) is 131 Å². The van der Waals surface area contributed by atoms with E-state index in [1.807, 2.05) is 18.2 Å². The highest BCUT2D eigenvalue weighted by Gasteiger charge is 2.38. The lowest BCUT2D eigenvalue weighted by atomic mass is 10.1. The number of anilines is 2. The van der Waals surface area contributed by atoms with Gasteiger partial charge in [0.15, 0.2) is 0 Å². The summed E-state index contributed by atoms with van der Waals surface area (Å²) in [5, 5.41) is 13.4. The number of carboxylic acid groups (broad SMARTS) is 1. The van der Waals surface area contributed by atoms with Crippen molar-refractivity contribution in [3.8, 4) is 0 Å². The quantitative estimate of drug-likeness (QED) is 0.338. The van der Waals surface area contributed by atoms with Crippen LogP contribution >= 0.6 is 0 Å². The summed E-state index contributed by atoms with van der Waals surface area (Å²) in [5.74, 6) is -3.46. The van der Waals surface area contributed by atoms with Crippen LogP contribution < -0.4 is 16.4 Å². The Balaban J connectivity index is 0.000000633. The maximum Gasteiger partial charge on any atom is 0.490 e. The molecule has 2 rings (SSSR count). The van der Waals surface area contributed by atoms with E-state index in [2.05, 4.69) is 27.5 Å². The molecule has 0 saturated heterocycles. The highest BCUT2D eigenvalue weighted by atomic mass is 19.4. The van der Waals surface area contributed by atoms with Crippen LogP contribution in [0.1, 0.15) is 22.3 Å². The van der Waals surface area contributed by atoms with E-state index in [0.29, 0.717) is 5.56 Å². The summed E-state index contributed by atoms with van der Waals surface area (Å²) < 4.78 is 36.3. The van der Waals surface area contributed by atoms with Crippen molar-refractivity contribution < 1.29 is 37.4 Å². The fourth-order valence-electron chi connectivity index (χ4n) is 2.35. The lowest BCUT2D eigenvalue weighted by Crippen LogP contribution is -2.25. The van der Waals surface area contributed by atoms with Gasteiger partial charge in [0.25, 0.3) is 0 Å². The Bertz CT molecular complexity index is 902. The van der Waals surface area contributed by atoms with E-state index < -0.39 is 18.1 Å². The first-order valence-electron chi connectivity index (χ1n) is 9.36. The molecule has 2 aromatic carbocycles. The van der Waals surface area contributed by atoms with Crippen LogP contribution in [-0.2, 0) is 20.7 Å². The molecule has 0 unspecified atom stereocenters. The number of aryl methyl sites for hydroxylation is 1. The maximum absolute atomic E-state index is 11.2. The molecular weight excluding hydrogens is 431 g/mol. The van der Waals surface area contributed by atoms with Gasteiger partial charge in [0.1, 0.15) is 0 Å². The largest absolute Gasteiger partial charge is 0.490 e. The molecule has 0 saturated carbocycles. The SMILES string of the molecule is COC(=O)CNCCCc1ccc(Nc2cccc(C(N)=O)c2)cc1.O=C(O)C(F)(F)F. The Labute approximate surface area is 182 Å². The number of rotatable bonds is 9. The second kappa shape index (κ2) is 13.0. The number of nitrogens with two attached hydrogens (primary N) is 1. The molecule has 32 heavy (non-hydrogen) atoms. The highest BCUT2D eigenvalue weighted by Crippen LogP contribution is 2.18. The molecule has 174 valence electrons. The Hall–Kier alpha value is -3.60. The highest BCUT2D eigenvalue weighted by molar-refractivity contribution is 5.93.